The van der Waals surface area contributed by atoms with Gasteiger partial charge in [-0.15, -0.1) is 11.3 Å². The van der Waals surface area contributed by atoms with Gasteiger partial charge in [0, 0.05) is 37.6 Å². The minimum absolute atomic E-state index is 0.0497. The van der Waals surface area contributed by atoms with E-state index in [1.807, 2.05) is 12.1 Å². The Hall–Kier alpha value is -3.52. The zero-order valence-electron chi connectivity index (χ0n) is 21.9. The summed E-state index contributed by atoms with van der Waals surface area (Å²) < 4.78 is 67.2. The van der Waals surface area contributed by atoms with E-state index in [0.717, 1.165) is 29.0 Å². The number of aromatic nitrogens is 2. The maximum absolute atomic E-state index is 13.2. The summed E-state index contributed by atoms with van der Waals surface area (Å²) in [6.07, 6.45) is -0.247. The molecule has 1 unspecified atom stereocenters. The number of nitrogens with zero attached hydrogens (tertiary/aromatic N) is 3. The first-order valence-corrected chi connectivity index (χ1v) is 15.5. The molecule has 3 aromatic heterocycles. The van der Waals surface area contributed by atoms with Crippen LogP contribution in [0.15, 0.2) is 77.3 Å². The standard InChI is InChI=1S/C28H25ClF3N5O3S2/c29-24-7-8-26(41-24)42(39,40)37-13-1-2-23(37)27(38)35-17-19-14-22(20-3-5-21(6-4-20)28(30,31)32)36-25(15-19)34-16-18-9-11-33-12-10-18/h3-12,14-15,23H,1-2,13,16-17H2,(H,34,36)(H,35,38). The molecular weight excluding hydrogens is 611 g/mol. The highest BCUT2D eigenvalue weighted by Crippen LogP contribution is 2.33. The van der Waals surface area contributed by atoms with Crippen molar-refractivity contribution in [2.75, 3.05) is 11.9 Å². The van der Waals surface area contributed by atoms with Crippen molar-refractivity contribution in [3.05, 3.63) is 94.1 Å². The molecular formula is C28H25ClF3N5O3S2. The van der Waals surface area contributed by atoms with E-state index < -0.39 is 33.7 Å². The summed E-state index contributed by atoms with van der Waals surface area (Å²) in [7, 11) is -3.89. The fraction of sp³-hybridized carbons (Fsp3) is 0.250. The Kier molecular flexibility index (Phi) is 8.83. The van der Waals surface area contributed by atoms with E-state index in [1.54, 1.807) is 24.5 Å². The number of anilines is 1. The van der Waals surface area contributed by atoms with Crippen LogP contribution in [-0.4, -0.2) is 41.2 Å². The summed E-state index contributed by atoms with van der Waals surface area (Å²) in [5.41, 5.74) is 1.67. The number of sulfonamides is 1. The third-order valence-electron chi connectivity index (χ3n) is 6.70. The number of amides is 1. The molecule has 0 saturated carbocycles. The third kappa shape index (κ3) is 6.92. The minimum Gasteiger partial charge on any atom is -0.366 e. The van der Waals surface area contributed by atoms with Crippen molar-refractivity contribution in [3.63, 3.8) is 0 Å². The number of rotatable bonds is 9. The zero-order chi connectivity index (χ0) is 29.9. The molecule has 1 aromatic carbocycles. The van der Waals surface area contributed by atoms with Crippen molar-refractivity contribution in [1.82, 2.24) is 19.6 Å². The smallest absolute Gasteiger partial charge is 0.366 e. The Morgan fingerprint density at radius 3 is 2.43 bits per heavy atom. The van der Waals surface area contributed by atoms with E-state index in [0.29, 0.717) is 46.4 Å². The van der Waals surface area contributed by atoms with Gasteiger partial charge in [0.15, 0.2) is 0 Å². The molecule has 5 rings (SSSR count). The van der Waals surface area contributed by atoms with E-state index in [4.69, 9.17) is 11.6 Å². The lowest BCUT2D eigenvalue weighted by Crippen LogP contribution is -2.45. The van der Waals surface area contributed by atoms with Gasteiger partial charge in [-0.1, -0.05) is 23.7 Å². The van der Waals surface area contributed by atoms with Crippen LogP contribution >= 0.6 is 22.9 Å². The Morgan fingerprint density at radius 2 is 1.76 bits per heavy atom. The first-order valence-electron chi connectivity index (χ1n) is 12.9. The van der Waals surface area contributed by atoms with E-state index in [9.17, 15) is 26.4 Å². The summed E-state index contributed by atoms with van der Waals surface area (Å²) >= 11 is 6.87. The van der Waals surface area contributed by atoms with Crippen LogP contribution in [-0.2, 0) is 34.1 Å². The molecule has 0 aliphatic carbocycles. The highest BCUT2D eigenvalue weighted by molar-refractivity contribution is 7.91. The molecule has 220 valence electrons. The maximum Gasteiger partial charge on any atom is 0.416 e. The number of pyridine rings is 2. The molecule has 4 aromatic rings. The summed E-state index contributed by atoms with van der Waals surface area (Å²) in [5.74, 6) is 0.00557. The number of hydrogen-bond donors (Lipinski definition) is 2. The number of thiophene rings is 1. The Labute approximate surface area is 249 Å². The average molecular weight is 636 g/mol. The van der Waals surface area contributed by atoms with Crippen molar-refractivity contribution >= 4 is 44.7 Å². The van der Waals surface area contributed by atoms with Gasteiger partial charge in [-0.2, -0.15) is 17.5 Å². The van der Waals surface area contributed by atoms with Gasteiger partial charge in [-0.25, -0.2) is 13.4 Å². The number of nitrogens with one attached hydrogen (secondary N) is 2. The van der Waals surface area contributed by atoms with Crippen LogP contribution in [0.3, 0.4) is 0 Å². The molecule has 2 N–H and O–H groups in total. The molecule has 1 aliphatic rings. The van der Waals surface area contributed by atoms with Crippen molar-refractivity contribution in [2.24, 2.45) is 0 Å². The lowest BCUT2D eigenvalue weighted by molar-refractivity contribution is -0.137. The maximum atomic E-state index is 13.2. The molecule has 0 spiro atoms. The first-order chi connectivity index (χ1) is 20.0. The number of benzene rings is 1. The monoisotopic (exact) mass is 635 g/mol. The van der Waals surface area contributed by atoms with E-state index in [-0.39, 0.29) is 17.3 Å². The van der Waals surface area contributed by atoms with Crippen LogP contribution in [0, 0.1) is 0 Å². The number of carbonyl (C=O) groups excluding carboxylic acids is 1. The molecule has 1 amide bonds. The molecule has 0 bridgehead atoms. The van der Waals surface area contributed by atoms with Gasteiger partial charge >= 0.3 is 6.18 Å². The molecule has 0 radical (unpaired) electrons. The van der Waals surface area contributed by atoms with Gasteiger partial charge in [0.2, 0.25) is 5.91 Å². The van der Waals surface area contributed by atoms with Gasteiger partial charge in [0.25, 0.3) is 10.0 Å². The van der Waals surface area contributed by atoms with Gasteiger partial charge < -0.3 is 10.6 Å². The second-order valence-electron chi connectivity index (χ2n) is 9.58. The zero-order valence-corrected chi connectivity index (χ0v) is 24.3. The molecule has 14 heteroatoms. The average Bonchev–Trinajstić information content (AvgIpc) is 3.65. The number of carbonyl (C=O) groups is 1. The normalized spacial score (nSPS) is 16.0. The highest BCUT2D eigenvalue weighted by atomic mass is 35.5. The van der Waals surface area contributed by atoms with Crippen LogP contribution < -0.4 is 10.6 Å². The quantitative estimate of drug-likeness (QED) is 0.235. The van der Waals surface area contributed by atoms with Gasteiger partial charge in [-0.3, -0.25) is 9.78 Å². The van der Waals surface area contributed by atoms with Crippen molar-refractivity contribution < 1.29 is 26.4 Å². The highest BCUT2D eigenvalue weighted by Gasteiger charge is 2.40. The Morgan fingerprint density at radius 1 is 1.02 bits per heavy atom. The Balaban J connectivity index is 1.36. The molecule has 8 nitrogen and oxygen atoms in total. The SMILES string of the molecule is O=C(NCc1cc(NCc2ccncc2)nc(-c2ccc(C(F)(F)F)cc2)c1)C1CCCN1S(=O)(=O)c1ccc(Cl)s1. The second kappa shape index (κ2) is 12.4. The summed E-state index contributed by atoms with van der Waals surface area (Å²) in [4.78, 5) is 21.8. The van der Waals surface area contributed by atoms with Gasteiger partial charge in [-0.05, 0) is 72.5 Å². The van der Waals surface area contributed by atoms with Crippen LogP contribution in [0.25, 0.3) is 11.3 Å². The predicted octanol–water partition coefficient (Wildman–Crippen LogP) is 5.96. The molecule has 42 heavy (non-hydrogen) atoms. The lowest BCUT2D eigenvalue weighted by atomic mass is 10.1. The van der Waals surface area contributed by atoms with Crippen molar-refractivity contribution in [2.45, 2.75) is 42.4 Å². The molecule has 1 aliphatic heterocycles. The molecule has 4 heterocycles. The van der Waals surface area contributed by atoms with Crippen LogP contribution in [0.4, 0.5) is 19.0 Å². The minimum atomic E-state index is -4.47. The van der Waals surface area contributed by atoms with Crippen molar-refractivity contribution in [1.29, 1.82) is 0 Å². The van der Waals surface area contributed by atoms with Crippen LogP contribution in [0.2, 0.25) is 4.34 Å². The van der Waals surface area contributed by atoms with Crippen LogP contribution in [0.1, 0.15) is 29.5 Å². The van der Waals surface area contributed by atoms with Crippen molar-refractivity contribution in [3.8, 4) is 11.3 Å². The fourth-order valence-corrected chi connectivity index (χ4v) is 7.87. The van der Waals surface area contributed by atoms with Gasteiger partial charge in [0.05, 0.1) is 15.6 Å². The number of alkyl halides is 3. The van der Waals surface area contributed by atoms with E-state index >= 15 is 0 Å². The molecule has 1 saturated heterocycles. The number of hydrogen-bond acceptors (Lipinski definition) is 7. The summed E-state index contributed by atoms with van der Waals surface area (Å²) in [6.45, 7) is 0.680. The third-order valence-corrected chi connectivity index (χ3v) is 10.3. The second-order valence-corrected chi connectivity index (χ2v) is 13.4. The lowest BCUT2D eigenvalue weighted by Gasteiger charge is -2.22. The number of halogens is 4. The Bertz CT molecular complexity index is 1670. The van der Waals surface area contributed by atoms with E-state index in [2.05, 4.69) is 20.6 Å². The largest absolute Gasteiger partial charge is 0.416 e. The topological polar surface area (TPSA) is 104 Å². The van der Waals surface area contributed by atoms with Gasteiger partial charge in [0.1, 0.15) is 16.1 Å². The fourth-order valence-electron chi connectivity index (χ4n) is 4.60. The molecule has 1 atom stereocenters. The van der Waals surface area contributed by atoms with Crippen LogP contribution in [0.5, 0.6) is 0 Å². The molecule has 1 fully saturated rings. The van der Waals surface area contributed by atoms with E-state index in [1.165, 1.54) is 28.6 Å². The first kappa shape index (κ1) is 30.0. The summed E-state index contributed by atoms with van der Waals surface area (Å²) in [6, 6.07) is 13.8. The predicted molar refractivity (Wildman–Crippen MR) is 154 cm³/mol. The summed E-state index contributed by atoms with van der Waals surface area (Å²) in [5, 5.41) is 6.04.